The Balaban J connectivity index is 1.78. The Morgan fingerprint density at radius 2 is 1.42 bits per heavy atom. The van der Waals surface area contributed by atoms with Crippen molar-refractivity contribution >= 4 is 11.4 Å². The van der Waals surface area contributed by atoms with E-state index < -0.39 is 0 Å². The molecule has 0 fully saturated rings. The van der Waals surface area contributed by atoms with Gasteiger partial charge in [0.1, 0.15) is 5.75 Å². The van der Waals surface area contributed by atoms with Crippen LogP contribution in [0.4, 0.5) is 11.4 Å². The Bertz CT molecular complexity index is 673. The number of nitriles is 1. The van der Waals surface area contributed by atoms with Gasteiger partial charge in [0.2, 0.25) is 0 Å². The molecule has 24 heavy (non-hydrogen) atoms. The van der Waals surface area contributed by atoms with E-state index in [4.69, 9.17) is 15.1 Å². The molecule has 0 aromatic heterocycles. The summed E-state index contributed by atoms with van der Waals surface area (Å²) in [5, 5.41) is 25.8. The monoisotopic (exact) mass is 323 g/mol. The lowest BCUT2D eigenvalue weighted by molar-refractivity contribution is 0.273. The molecule has 5 heteroatoms. The first-order valence-corrected chi connectivity index (χ1v) is 8.07. The highest BCUT2D eigenvalue weighted by molar-refractivity contribution is 5.44. The topological polar surface area (TPSA) is 78.0 Å². The van der Waals surface area contributed by atoms with Gasteiger partial charge in [0.25, 0.3) is 0 Å². The van der Waals surface area contributed by atoms with E-state index in [0.717, 1.165) is 37.1 Å². The fraction of sp³-hybridized carbons (Fsp3) is 0.316. The molecule has 0 aliphatic rings. The Hall–Kier alpha value is -2.71. The molecule has 0 aliphatic heterocycles. The molecule has 0 amide bonds. The van der Waals surface area contributed by atoms with Crippen molar-refractivity contribution in [1.82, 2.24) is 0 Å². The second-order valence-electron chi connectivity index (χ2n) is 5.34. The maximum Gasteiger partial charge on any atom is 0.119 e. The molecule has 0 aliphatic carbocycles. The lowest BCUT2D eigenvalue weighted by Gasteiger charge is -2.05. The number of aliphatic hydroxyl groups is 1. The van der Waals surface area contributed by atoms with Crippen LogP contribution in [0.15, 0.2) is 58.8 Å². The summed E-state index contributed by atoms with van der Waals surface area (Å²) in [4.78, 5) is 0. The predicted octanol–water partition coefficient (Wildman–Crippen LogP) is 4.91. The molecular formula is C19H21N3O2. The third-order valence-electron chi connectivity index (χ3n) is 3.44. The van der Waals surface area contributed by atoms with Gasteiger partial charge < -0.3 is 9.84 Å². The smallest absolute Gasteiger partial charge is 0.119 e. The van der Waals surface area contributed by atoms with Crippen molar-refractivity contribution in [2.75, 3.05) is 13.2 Å². The summed E-state index contributed by atoms with van der Waals surface area (Å²) in [7, 11) is 0. The second-order valence-corrected chi connectivity index (χ2v) is 5.34. The first kappa shape index (κ1) is 17.6. The summed E-state index contributed by atoms with van der Waals surface area (Å²) >= 11 is 0. The van der Waals surface area contributed by atoms with Crippen molar-refractivity contribution in [3.05, 3.63) is 54.1 Å². The van der Waals surface area contributed by atoms with Crippen LogP contribution in [0.25, 0.3) is 0 Å². The molecule has 0 spiro atoms. The van der Waals surface area contributed by atoms with Gasteiger partial charge in [0.15, 0.2) is 0 Å². The molecule has 2 rings (SSSR count). The van der Waals surface area contributed by atoms with Crippen molar-refractivity contribution in [3.63, 3.8) is 0 Å². The van der Waals surface area contributed by atoms with Crippen LogP contribution in [0.2, 0.25) is 0 Å². The molecule has 0 unspecified atom stereocenters. The van der Waals surface area contributed by atoms with Gasteiger partial charge in [-0.1, -0.05) is 6.42 Å². The van der Waals surface area contributed by atoms with E-state index in [0.29, 0.717) is 17.9 Å². The number of rotatable bonds is 9. The Morgan fingerprint density at radius 3 is 2.00 bits per heavy atom. The van der Waals surface area contributed by atoms with Gasteiger partial charge in [-0.25, -0.2) is 0 Å². The minimum Gasteiger partial charge on any atom is -0.494 e. The summed E-state index contributed by atoms with van der Waals surface area (Å²) in [6.07, 6.45) is 3.95. The Kier molecular flexibility index (Phi) is 7.45. The summed E-state index contributed by atoms with van der Waals surface area (Å²) in [5.74, 6) is 0.814. The summed E-state index contributed by atoms with van der Waals surface area (Å²) in [5.41, 5.74) is 2.05. The maximum absolute atomic E-state index is 8.75. The zero-order valence-corrected chi connectivity index (χ0v) is 13.6. The third-order valence-corrected chi connectivity index (χ3v) is 3.44. The standard InChI is InChI=1S/C19H21N3O2/c20-15-16-5-7-17(8-6-16)21-22-18-9-11-19(12-10-18)24-14-4-2-1-3-13-23/h5-12,23H,1-4,13-14H2/b22-21+. The van der Waals surface area contributed by atoms with E-state index in [1.54, 1.807) is 24.3 Å². The van der Waals surface area contributed by atoms with Crippen LogP contribution in [-0.2, 0) is 0 Å². The van der Waals surface area contributed by atoms with Crippen molar-refractivity contribution in [2.24, 2.45) is 10.2 Å². The molecule has 2 aromatic rings. The number of hydrogen-bond donors (Lipinski definition) is 1. The van der Waals surface area contributed by atoms with Crippen LogP contribution in [-0.4, -0.2) is 18.3 Å². The minimum absolute atomic E-state index is 0.263. The lowest BCUT2D eigenvalue weighted by atomic mass is 10.2. The van der Waals surface area contributed by atoms with Crippen LogP contribution < -0.4 is 4.74 Å². The lowest BCUT2D eigenvalue weighted by Crippen LogP contribution is -1.97. The Morgan fingerprint density at radius 1 is 0.833 bits per heavy atom. The van der Waals surface area contributed by atoms with E-state index in [9.17, 15) is 0 Å². The van der Waals surface area contributed by atoms with Crippen molar-refractivity contribution in [1.29, 1.82) is 5.26 Å². The number of benzene rings is 2. The third kappa shape index (κ3) is 6.19. The molecule has 0 bridgehead atoms. The second kappa shape index (κ2) is 10.1. The van der Waals surface area contributed by atoms with Crippen LogP contribution in [0.1, 0.15) is 31.2 Å². The van der Waals surface area contributed by atoms with E-state index >= 15 is 0 Å². The first-order chi connectivity index (χ1) is 11.8. The molecular weight excluding hydrogens is 302 g/mol. The number of aliphatic hydroxyl groups excluding tert-OH is 1. The number of nitrogens with zero attached hydrogens (tertiary/aromatic N) is 3. The quantitative estimate of drug-likeness (QED) is 0.526. The van der Waals surface area contributed by atoms with Crippen LogP contribution in [0.3, 0.4) is 0 Å². The number of hydrogen-bond acceptors (Lipinski definition) is 5. The van der Waals surface area contributed by atoms with Crippen molar-refractivity contribution in [3.8, 4) is 11.8 Å². The number of azo groups is 1. The molecule has 0 radical (unpaired) electrons. The highest BCUT2D eigenvalue weighted by Crippen LogP contribution is 2.21. The van der Waals surface area contributed by atoms with Crippen LogP contribution in [0.5, 0.6) is 5.75 Å². The fourth-order valence-corrected chi connectivity index (χ4v) is 2.08. The van der Waals surface area contributed by atoms with E-state index in [2.05, 4.69) is 16.3 Å². The molecule has 124 valence electrons. The number of unbranched alkanes of at least 4 members (excludes halogenated alkanes) is 3. The van der Waals surface area contributed by atoms with Gasteiger partial charge in [-0.2, -0.15) is 15.5 Å². The number of ether oxygens (including phenoxy) is 1. The SMILES string of the molecule is N#Cc1ccc(/N=N/c2ccc(OCCCCCCO)cc2)cc1. The summed E-state index contributed by atoms with van der Waals surface area (Å²) in [6.45, 7) is 0.941. The van der Waals surface area contributed by atoms with E-state index in [1.165, 1.54) is 0 Å². The van der Waals surface area contributed by atoms with Gasteiger partial charge in [-0.05, 0) is 67.8 Å². The van der Waals surface area contributed by atoms with E-state index in [1.807, 2.05) is 24.3 Å². The molecule has 2 aromatic carbocycles. The zero-order valence-electron chi connectivity index (χ0n) is 13.6. The van der Waals surface area contributed by atoms with E-state index in [-0.39, 0.29) is 6.61 Å². The summed E-state index contributed by atoms with van der Waals surface area (Å²) in [6, 6.07) is 16.5. The molecule has 0 saturated carbocycles. The highest BCUT2D eigenvalue weighted by atomic mass is 16.5. The fourth-order valence-electron chi connectivity index (χ4n) is 2.08. The molecule has 0 saturated heterocycles. The van der Waals surface area contributed by atoms with Gasteiger partial charge in [-0.15, -0.1) is 0 Å². The highest BCUT2D eigenvalue weighted by Gasteiger charge is 1.96. The molecule has 0 heterocycles. The average Bonchev–Trinajstić information content (AvgIpc) is 2.64. The minimum atomic E-state index is 0.263. The van der Waals surface area contributed by atoms with Crippen LogP contribution >= 0.6 is 0 Å². The van der Waals surface area contributed by atoms with Gasteiger partial charge in [0.05, 0.1) is 29.6 Å². The average molecular weight is 323 g/mol. The van der Waals surface area contributed by atoms with Crippen LogP contribution in [0, 0.1) is 11.3 Å². The van der Waals surface area contributed by atoms with Gasteiger partial charge >= 0.3 is 0 Å². The normalized spacial score (nSPS) is 10.7. The molecule has 0 atom stereocenters. The molecule has 1 N–H and O–H groups in total. The predicted molar refractivity (Wildman–Crippen MR) is 92.8 cm³/mol. The maximum atomic E-state index is 8.75. The molecule has 5 nitrogen and oxygen atoms in total. The summed E-state index contributed by atoms with van der Waals surface area (Å²) < 4.78 is 5.66. The van der Waals surface area contributed by atoms with Gasteiger partial charge in [0, 0.05) is 6.61 Å². The first-order valence-electron chi connectivity index (χ1n) is 8.07. The zero-order chi connectivity index (χ0) is 17.0. The van der Waals surface area contributed by atoms with Crippen molar-refractivity contribution in [2.45, 2.75) is 25.7 Å². The largest absolute Gasteiger partial charge is 0.494 e. The van der Waals surface area contributed by atoms with Gasteiger partial charge in [-0.3, -0.25) is 0 Å². The van der Waals surface area contributed by atoms with Crippen molar-refractivity contribution < 1.29 is 9.84 Å². The Labute approximate surface area is 142 Å².